The van der Waals surface area contributed by atoms with Gasteiger partial charge in [-0.2, -0.15) is 0 Å². The van der Waals surface area contributed by atoms with Crippen LogP contribution in [0.4, 0.5) is 17.1 Å². The number of nitrogens with one attached hydrogen (secondary N) is 1. The Hall–Kier alpha value is -4.18. The van der Waals surface area contributed by atoms with Gasteiger partial charge in [0, 0.05) is 17.1 Å². The van der Waals surface area contributed by atoms with Crippen LogP contribution in [-0.2, 0) is 0 Å². The summed E-state index contributed by atoms with van der Waals surface area (Å²) in [6, 6.07) is 33.3. The molecule has 0 unspecified atom stereocenters. The number of anilines is 3. The van der Waals surface area contributed by atoms with Gasteiger partial charge in [0.15, 0.2) is 0 Å². The van der Waals surface area contributed by atoms with Crippen molar-refractivity contribution < 1.29 is 9.59 Å². The van der Waals surface area contributed by atoms with Crippen molar-refractivity contribution in [1.82, 2.24) is 0 Å². The molecular weight excluding hydrogens is 384 g/mol. The molecule has 0 saturated carbocycles. The fourth-order valence-corrected chi connectivity index (χ4v) is 3.45. The highest BCUT2D eigenvalue weighted by Gasteiger charge is 2.24. The maximum absolute atomic E-state index is 13.7. The topological polar surface area (TPSA) is 49.4 Å². The molecule has 4 nitrogen and oxygen atoms in total. The second-order valence-electron chi connectivity index (χ2n) is 7.18. The number of carbonyl (C=O) groups is 2. The van der Waals surface area contributed by atoms with Crippen LogP contribution in [0, 0.1) is 6.92 Å². The zero-order chi connectivity index (χ0) is 21.6. The molecule has 0 aromatic heterocycles. The van der Waals surface area contributed by atoms with E-state index in [1.165, 1.54) is 0 Å². The van der Waals surface area contributed by atoms with Gasteiger partial charge in [0.05, 0.1) is 11.1 Å². The number of hydrogen-bond acceptors (Lipinski definition) is 2. The number of rotatable bonds is 5. The van der Waals surface area contributed by atoms with Gasteiger partial charge in [-0.15, -0.1) is 0 Å². The van der Waals surface area contributed by atoms with Gasteiger partial charge in [-0.05, 0) is 61.0 Å². The third-order valence-electron chi connectivity index (χ3n) is 4.91. The zero-order valence-electron chi connectivity index (χ0n) is 17.2. The van der Waals surface area contributed by atoms with Crippen LogP contribution in [0.2, 0.25) is 0 Å². The highest BCUT2D eigenvalue weighted by atomic mass is 16.2. The predicted molar refractivity (Wildman–Crippen MR) is 125 cm³/mol. The smallest absolute Gasteiger partial charge is 0.263 e. The van der Waals surface area contributed by atoms with Crippen molar-refractivity contribution >= 4 is 28.9 Å². The van der Waals surface area contributed by atoms with Gasteiger partial charge >= 0.3 is 0 Å². The van der Waals surface area contributed by atoms with Crippen molar-refractivity contribution in [3.63, 3.8) is 0 Å². The maximum Gasteiger partial charge on any atom is 0.263 e. The van der Waals surface area contributed by atoms with Crippen LogP contribution in [-0.4, -0.2) is 11.8 Å². The minimum Gasteiger partial charge on any atom is -0.322 e. The Morgan fingerprint density at radius 1 is 0.645 bits per heavy atom. The van der Waals surface area contributed by atoms with E-state index in [1.807, 2.05) is 91.9 Å². The molecule has 0 spiro atoms. The molecule has 2 amide bonds. The molecule has 4 aromatic rings. The average molecular weight is 406 g/mol. The van der Waals surface area contributed by atoms with Gasteiger partial charge < -0.3 is 5.32 Å². The first kappa shape index (κ1) is 20.1. The van der Waals surface area contributed by atoms with E-state index < -0.39 is 0 Å². The Bertz CT molecular complexity index is 1160. The van der Waals surface area contributed by atoms with Crippen LogP contribution in [0.15, 0.2) is 109 Å². The van der Waals surface area contributed by atoms with E-state index in [0.717, 1.165) is 16.9 Å². The van der Waals surface area contributed by atoms with Crippen LogP contribution in [0.3, 0.4) is 0 Å². The largest absolute Gasteiger partial charge is 0.322 e. The Morgan fingerprint density at radius 2 is 1.19 bits per heavy atom. The second-order valence-corrected chi connectivity index (χ2v) is 7.18. The van der Waals surface area contributed by atoms with Crippen LogP contribution in [0.25, 0.3) is 0 Å². The van der Waals surface area contributed by atoms with E-state index in [1.54, 1.807) is 29.2 Å². The maximum atomic E-state index is 13.7. The first-order chi connectivity index (χ1) is 15.1. The van der Waals surface area contributed by atoms with Crippen molar-refractivity contribution in [2.75, 3.05) is 10.2 Å². The second kappa shape index (κ2) is 9.09. The molecule has 152 valence electrons. The minimum atomic E-state index is -0.323. The molecule has 0 atom stereocenters. The van der Waals surface area contributed by atoms with Crippen LogP contribution in [0.5, 0.6) is 0 Å². The molecule has 4 aromatic carbocycles. The molecule has 4 rings (SSSR count). The molecule has 0 fully saturated rings. The average Bonchev–Trinajstić information content (AvgIpc) is 2.80. The van der Waals surface area contributed by atoms with Gasteiger partial charge in [-0.1, -0.05) is 60.7 Å². The fraction of sp³-hybridized carbons (Fsp3) is 0.0370. The van der Waals surface area contributed by atoms with E-state index in [0.29, 0.717) is 16.8 Å². The summed E-state index contributed by atoms with van der Waals surface area (Å²) in [5.74, 6) is -0.594. The quantitative estimate of drug-likeness (QED) is 0.427. The first-order valence-electron chi connectivity index (χ1n) is 10.0. The van der Waals surface area contributed by atoms with E-state index in [4.69, 9.17) is 0 Å². The van der Waals surface area contributed by atoms with E-state index in [-0.39, 0.29) is 11.8 Å². The summed E-state index contributed by atoms with van der Waals surface area (Å²) < 4.78 is 0. The molecule has 0 saturated heterocycles. The van der Waals surface area contributed by atoms with E-state index in [9.17, 15) is 9.59 Å². The van der Waals surface area contributed by atoms with Crippen molar-refractivity contribution in [2.45, 2.75) is 6.92 Å². The van der Waals surface area contributed by atoms with E-state index in [2.05, 4.69) is 5.32 Å². The highest BCUT2D eigenvalue weighted by molar-refractivity contribution is 6.18. The molecule has 0 aliphatic rings. The standard InChI is InChI=1S/C27H22N2O2/c1-20-11-10-12-21(19-20)28-26(30)24-17-8-9-18-25(24)27(31)29(22-13-4-2-5-14-22)23-15-6-3-7-16-23/h2-19H,1H3,(H,28,30). The summed E-state index contributed by atoms with van der Waals surface area (Å²) in [6.07, 6.45) is 0. The monoisotopic (exact) mass is 406 g/mol. The third-order valence-corrected chi connectivity index (χ3v) is 4.91. The van der Waals surface area contributed by atoms with Gasteiger partial charge in [0.1, 0.15) is 0 Å². The van der Waals surface area contributed by atoms with Crippen LogP contribution >= 0.6 is 0 Å². The lowest BCUT2D eigenvalue weighted by Gasteiger charge is -2.24. The van der Waals surface area contributed by atoms with Gasteiger partial charge in [0.2, 0.25) is 0 Å². The lowest BCUT2D eigenvalue weighted by molar-refractivity contribution is 0.0976. The molecule has 0 aliphatic heterocycles. The number of hydrogen-bond donors (Lipinski definition) is 1. The Morgan fingerprint density at radius 3 is 1.77 bits per heavy atom. The first-order valence-corrected chi connectivity index (χ1v) is 10.0. The lowest BCUT2D eigenvalue weighted by atomic mass is 10.0. The molecular formula is C27H22N2O2. The number of benzene rings is 4. The van der Waals surface area contributed by atoms with Crippen molar-refractivity contribution in [1.29, 1.82) is 0 Å². The number of aryl methyl sites for hydroxylation is 1. The highest BCUT2D eigenvalue weighted by Crippen LogP contribution is 2.28. The minimum absolute atomic E-state index is 0.271. The molecule has 1 N–H and O–H groups in total. The summed E-state index contributed by atoms with van der Waals surface area (Å²) in [5, 5.41) is 2.90. The Balaban J connectivity index is 1.73. The fourth-order valence-electron chi connectivity index (χ4n) is 3.45. The lowest BCUT2D eigenvalue weighted by Crippen LogP contribution is -2.28. The SMILES string of the molecule is Cc1cccc(NC(=O)c2ccccc2C(=O)N(c2ccccc2)c2ccccc2)c1. The van der Waals surface area contributed by atoms with Crippen molar-refractivity contribution in [3.05, 3.63) is 126 Å². The number of nitrogens with zero attached hydrogens (tertiary/aromatic N) is 1. The summed E-state index contributed by atoms with van der Waals surface area (Å²) in [4.78, 5) is 28.4. The predicted octanol–water partition coefficient (Wildman–Crippen LogP) is 6.23. The number of para-hydroxylation sites is 2. The molecule has 4 heteroatoms. The number of amides is 2. The molecule has 0 aliphatic carbocycles. The Kier molecular flexibility index (Phi) is 5.90. The third kappa shape index (κ3) is 4.54. The molecule has 0 radical (unpaired) electrons. The summed E-state index contributed by atoms with van der Waals surface area (Å²) in [6.45, 7) is 1.96. The van der Waals surface area contributed by atoms with Crippen molar-refractivity contribution in [3.8, 4) is 0 Å². The van der Waals surface area contributed by atoms with Gasteiger partial charge in [0.25, 0.3) is 11.8 Å². The van der Waals surface area contributed by atoms with Gasteiger partial charge in [-0.25, -0.2) is 0 Å². The normalized spacial score (nSPS) is 10.4. The summed E-state index contributed by atoms with van der Waals surface area (Å²) in [7, 11) is 0. The van der Waals surface area contributed by atoms with E-state index >= 15 is 0 Å². The summed E-state index contributed by atoms with van der Waals surface area (Å²) >= 11 is 0. The molecule has 0 bridgehead atoms. The van der Waals surface area contributed by atoms with Crippen LogP contribution < -0.4 is 10.2 Å². The molecule has 31 heavy (non-hydrogen) atoms. The van der Waals surface area contributed by atoms with Crippen LogP contribution in [0.1, 0.15) is 26.3 Å². The van der Waals surface area contributed by atoms with Gasteiger partial charge in [-0.3, -0.25) is 14.5 Å². The van der Waals surface area contributed by atoms with Crippen molar-refractivity contribution in [2.24, 2.45) is 0 Å². The Labute approximate surface area is 181 Å². The molecule has 0 heterocycles. The zero-order valence-corrected chi connectivity index (χ0v) is 17.2. The number of carbonyl (C=O) groups excluding carboxylic acids is 2. The summed E-state index contributed by atoms with van der Waals surface area (Å²) in [5.41, 5.74) is 3.85.